The third kappa shape index (κ3) is 3.55. The quantitative estimate of drug-likeness (QED) is 0.837. The normalized spacial score (nSPS) is 18.8. The van der Waals surface area contributed by atoms with E-state index in [0.717, 1.165) is 30.6 Å². The van der Waals surface area contributed by atoms with Crippen LogP contribution in [0.2, 0.25) is 0 Å². The number of carbonyl (C=O) groups excluding carboxylic acids is 1. The lowest BCUT2D eigenvalue weighted by molar-refractivity contribution is -0.117. The van der Waals surface area contributed by atoms with E-state index in [2.05, 4.69) is 10.6 Å². The van der Waals surface area contributed by atoms with Crippen LogP contribution in [-0.4, -0.2) is 25.1 Å². The molecule has 4 heteroatoms. The molecule has 1 saturated heterocycles. The second-order valence-corrected chi connectivity index (χ2v) is 4.48. The van der Waals surface area contributed by atoms with Crippen LogP contribution in [0.5, 0.6) is 0 Å². The lowest BCUT2D eigenvalue weighted by Gasteiger charge is -2.12. The van der Waals surface area contributed by atoms with Crippen molar-refractivity contribution < 1.29 is 9.53 Å². The SMILES string of the molecule is CCOCc1cccc(NC(=O)C2CCCN2)c1. The molecule has 4 nitrogen and oxygen atoms in total. The molecule has 0 radical (unpaired) electrons. The van der Waals surface area contributed by atoms with Gasteiger partial charge in [0.05, 0.1) is 12.6 Å². The molecule has 1 aromatic rings. The molecule has 1 unspecified atom stereocenters. The van der Waals surface area contributed by atoms with Crippen LogP contribution in [0.25, 0.3) is 0 Å². The molecule has 1 heterocycles. The van der Waals surface area contributed by atoms with Crippen molar-refractivity contribution in [2.45, 2.75) is 32.4 Å². The van der Waals surface area contributed by atoms with Crippen LogP contribution in [0.3, 0.4) is 0 Å². The fourth-order valence-corrected chi connectivity index (χ4v) is 2.10. The molecular weight excluding hydrogens is 228 g/mol. The van der Waals surface area contributed by atoms with Gasteiger partial charge in [0.25, 0.3) is 0 Å². The van der Waals surface area contributed by atoms with Gasteiger partial charge in [0.15, 0.2) is 0 Å². The van der Waals surface area contributed by atoms with Gasteiger partial charge in [-0.1, -0.05) is 12.1 Å². The zero-order chi connectivity index (χ0) is 12.8. The fraction of sp³-hybridized carbons (Fsp3) is 0.500. The summed E-state index contributed by atoms with van der Waals surface area (Å²) in [6.07, 6.45) is 1.99. The molecule has 2 rings (SSSR count). The molecule has 98 valence electrons. The van der Waals surface area contributed by atoms with Gasteiger partial charge in [0, 0.05) is 12.3 Å². The zero-order valence-electron chi connectivity index (χ0n) is 10.7. The van der Waals surface area contributed by atoms with Crippen molar-refractivity contribution in [3.8, 4) is 0 Å². The Morgan fingerprint density at radius 1 is 1.56 bits per heavy atom. The third-order valence-corrected chi connectivity index (χ3v) is 3.04. The number of ether oxygens (including phenoxy) is 1. The summed E-state index contributed by atoms with van der Waals surface area (Å²) in [5.74, 6) is 0.0565. The van der Waals surface area contributed by atoms with E-state index < -0.39 is 0 Å². The van der Waals surface area contributed by atoms with Crippen LogP contribution in [-0.2, 0) is 16.1 Å². The minimum Gasteiger partial charge on any atom is -0.377 e. The molecule has 1 aromatic carbocycles. The van der Waals surface area contributed by atoms with Crippen molar-refractivity contribution >= 4 is 11.6 Å². The Kier molecular flexibility index (Phi) is 4.73. The van der Waals surface area contributed by atoms with Crippen molar-refractivity contribution in [2.24, 2.45) is 0 Å². The summed E-state index contributed by atoms with van der Waals surface area (Å²) < 4.78 is 5.35. The second-order valence-electron chi connectivity index (χ2n) is 4.48. The first kappa shape index (κ1) is 13.1. The van der Waals surface area contributed by atoms with E-state index in [1.807, 2.05) is 31.2 Å². The average Bonchev–Trinajstić information content (AvgIpc) is 2.91. The van der Waals surface area contributed by atoms with Crippen LogP contribution in [0.4, 0.5) is 5.69 Å². The average molecular weight is 248 g/mol. The van der Waals surface area contributed by atoms with Gasteiger partial charge in [0.1, 0.15) is 0 Å². The van der Waals surface area contributed by atoms with Gasteiger partial charge in [0.2, 0.25) is 5.91 Å². The van der Waals surface area contributed by atoms with Crippen LogP contribution >= 0.6 is 0 Å². The van der Waals surface area contributed by atoms with E-state index in [9.17, 15) is 4.79 Å². The lowest BCUT2D eigenvalue weighted by Crippen LogP contribution is -2.35. The highest BCUT2D eigenvalue weighted by Gasteiger charge is 2.21. The van der Waals surface area contributed by atoms with E-state index in [1.54, 1.807) is 0 Å². The molecule has 0 bridgehead atoms. The molecular formula is C14H20N2O2. The van der Waals surface area contributed by atoms with Crippen LogP contribution in [0.1, 0.15) is 25.3 Å². The maximum Gasteiger partial charge on any atom is 0.241 e. The molecule has 1 fully saturated rings. The minimum absolute atomic E-state index is 0.0412. The van der Waals surface area contributed by atoms with E-state index in [0.29, 0.717) is 13.2 Å². The maximum atomic E-state index is 11.9. The largest absolute Gasteiger partial charge is 0.377 e. The maximum absolute atomic E-state index is 11.9. The number of anilines is 1. The highest BCUT2D eigenvalue weighted by atomic mass is 16.5. The van der Waals surface area contributed by atoms with E-state index in [-0.39, 0.29) is 11.9 Å². The summed E-state index contributed by atoms with van der Waals surface area (Å²) in [7, 11) is 0. The van der Waals surface area contributed by atoms with Crippen molar-refractivity contribution in [2.75, 3.05) is 18.5 Å². The standard InChI is InChI=1S/C14H20N2O2/c1-2-18-10-11-5-3-6-12(9-11)16-14(17)13-7-4-8-15-13/h3,5-6,9,13,15H,2,4,7-8,10H2,1H3,(H,16,17). The first-order valence-electron chi connectivity index (χ1n) is 6.50. The Labute approximate surface area is 108 Å². The molecule has 1 aliphatic rings. The summed E-state index contributed by atoms with van der Waals surface area (Å²) in [5.41, 5.74) is 1.92. The highest BCUT2D eigenvalue weighted by Crippen LogP contribution is 2.13. The first-order chi connectivity index (χ1) is 8.79. The van der Waals surface area contributed by atoms with E-state index in [1.165, 1.54) is 0 Å². The molecule has 2 N–H and O–H groups in total. The molecule has 1 aliphatic heterocycles. The lowest BCUT2D eigenvalue weighted by atomic mass is 10.2. The summed E-state index contributed by atoms with van der Waals surface area (Å²) in [6.45, 7) is 4.18. The summed E-state index contributed by atoms with van der Waals surface area (Å²) in [4.78, 5) is 11.9. The minimum atomic E-state index is -0.0412. The number of hydrogen-bond acceptors (Lipinski definition) is 3. The predicted molar refractivity (Wildman–Crippen MR) is 71.4 cm³/mol. The predicted octanol–water partition coefficient (Wildman–Crippen LogP) is 1.91. The third-order valence-electron chi connectivity index (χ3n) is 3.04. The van der Waals surface area contributed by atoms with Gasteiger partial charge in [-0.25, -0.2) is 0 Å². The second kappa shape index (κ2) is 6.52. The van der Waals surface area contributed by atoms with Crippen LogP contribution in [0, 0.1) is 0 Å². The zero-order valence-corrected chi connectivity index (χ0v) is 10.7. The molecule has 0 aliphatic carbocycles. The van der Waals surface area contributed by atoms with Gasteiger partial charge in [-0.2, -0.15) is 0 Å². The molecule has 1 atom stereocenters. The molecule has 0 aromatic heterocycles. The van der Waals surface area contributed by atoms with Gasteiger partial charge < -0.3 is 15.4 Å². The van der Waals surface area contributed by atoms with Crippen LogP contribution in [0.15, 0.2) is 24.3 Å². The number of rotatable bonds is 5. The topological polar surface area (TPSA) is 50.4 Å². The number of hydrogen-bond donors (Lipinski definition) is 2. The smallest absolute Gasteiger partial charge is 0.241 e. The molecule has 1 amide bonds. The Balaban J connectivity index is 1.93. The Morgan fingerprint density at radius 2 is 2.44 bits per heavy atom. The van der Waals surface area contributed by atoms with Gasteiger partial charge >= 0.3 is 0 Å². The molecule has 18 heavy (non-hydrogen) atoms. The van der Waals surface area contributed by atoms with Gasteiger partial charge in [-0.3, -0.25) is 4.79 Å². The monoisotopic (exact) mass is 248 g/mol. The number of benzene rings is 1. The summed E-state index contributed by atoms with van der Waals surface area (Å²) in [6, 6.07) is 7.76. The number of nitrogens with one attached hydrogen (secondary N) is 2. The molecule has 0 saturated carbocycles. The van der Waals surface area contributed by atoms with E-state index in [4.69, 9.17) is 4.74 Å². The highest BCUT2D eigenvalue weighted by molar-refractivity contribution is 5.95. The van der Waals surface area contributed by atoms with Gasteiger partial charge in [-0.05, 0) is 44.0 Å². The summed E-state index contributed by atoms with van der Waals surface area (Å²) in [5, 5.41) is 6.13. The fourth-order valence-electron chi connectivity index (χ4n) is 2.10. The number of amides is 1. The first-order valence-corrected chi connectivity index (χ1v) is 6.50. The van der Waals surface area contributed by atoms with Crippen molar-refractivity contribution in [3.63, 3.8) is 0 Å². The van der Waals surface area contributed by atoms with Gasteiger partial charge in [-0.15, -0.1) is 0 Å². The van der Waals surface area contributed by atoms with Crippen LogP contribution < -0.4 is 10.6 Å². The molecule has 0 spiro atoms. The Morgan fingerprint density at radius 3 is 3.17 bits per heavy atom. The van der Waals surface area contributed by atoms with E-state index >= 15 is 0 Å². The Bertz CT molecular complexity index is 401. The van der Waals surface area contributed by atoms with Crippen molar-refractivity contribution in [1.29, 1.82) is 0 Å². The van der Waals surface area contributed by atoms with Crippen molar-refractivity contribution in [1.82, 2.24) is 5.32 Å². The number of carbonyl (C=O) groups is 1. The summed E-state index contributed by atoms with van der Waals surface area (Å²) >= 11 is 0. The van der Waals surface area contributed by atoms with Crippen molar-refractivity contribution in [3.05, 3.63) is 29.8 Å². The Hall–Kier alpha value is -1.39.